The van der Waals surface area contributed by atoms with Crippen molar-refractivity contribution in [3.63, 3.8) is 0 Å². The maximum absolute atomic E-state index is 12.4. The molecule has 0 radical (unpaired) electrons. The lowest BCUT2D eigenvalue weighted by molar-refractivity contribution is 0.0940. The molecule has 1 atom stereocenters. The Balaban J connectivity index is 2.12. The average molecular weight is 347 g/mol. The largest absolute Gasteiger partial charge is 0.385 e. The third kappa shape index (κ3) is 4.08. The van der Waals surface area contributed by atoms with Crippen LogP contribution in [0.5, 0.6) is 0 Å². The molecule has 0 aliphatic heterocycles. The summed E-state index contributed by atoms with van der Waals surface area (Å²) >= 11 is 3.41. The van der Waals surface area contributed by atoms with Crippen molar-refractivity contribution < 1.29 is 4.79 Å². The van der Waals surface area contributed by atoms with Gasteiger partial charge in [-0.1, -0.05) is 40.2 Å². The lowest BCUT2D eigenvalue weighted by atomic mass is 10.1. The molecule has 0 aromatic heterocycles. The lowest BCUT2D eigenvalue weighted by Gasteiger charge is -2.16. The number of carbonyl (C=O) groups excluding carboxylic acids is 1. The fraction of sp³-hybridized carbons (Fsp3) is 0.235. The Bertz CT molecular complexity index is 610. The minimum atomic E-state index is -0.0676. The number of anilines is 1. The van der Waals surface area contributed by atoms with Crippen molar-refractivity contribution in [2.75, 3.05) is 11.9 Å². The summed E-state index contributed by atoms with van der Waals surface area (Å²) in [4.78, 5) is 12.4. The predicted octanol–water partition coefficient (Wildman–Crippen LogP) is 4.37. The summed E-state index contributed by atoms with van der Waals surface area (Å²) in [6.45, 7) is 4.78. The van der Waals surface area contributed by atoms with Crippen LogP contribution in [0.1, 0.15) is 35.8 Å². The fourth-order valence-electron chi connectivity index (χ4n) is 2.13. The van der Waals surface area contributed by atoms with Crippen LogP contribution in [0.2, 0.25) is 0 Å². The molecule has 0 spiro atoms. The average Bonchev–Trinajstić information content (AvgIpc) is 2.48. The van der Waals surface area contributed by atoms with E-state index >= 15 is 0 Å². The maximum Gasteiger partial charge on any atom is 0.253 e. The second-order valence-corrected chi connectivity index (χ2v) is 5.74. The summed E-state index contributed by atoms with van der Waals surface area (Å²) in [5.74, 6) is -0.0676. The van der Waals surface area contributed by atoms with Crippen molar-refractivity contribution in [2.45, 2.75) is 19.9 Å². The molecule has 1 amide bonds. The summed E-state index contributed by atoms with van der Waals surface area (Å²) in [5, 5.41) is 6.25. The number of hydrogen-bond donors (Lipinski definition) is 2. The van der Waals surface area contributed by atoms with Crippen molar-refractivity contribution in [1.29, 1.82) is 0 Å². The van der Waals surface area contributed by atoms with Crippen molar-refractivity contribution in [1.82, 2.24) is 5.32 Å². The van der Waals surface area contributed by atoms with Crippen LogP contribution in [0, 0.1) is 0 Å². The van der Waals surface area contributed by atoms with E-state index in [-0.39, 0.29) is 11.9 Å². The Morgan fingerprint density at radius 3 is 2.48 bits per heavy atom. The van der Waals surface area contributed by atoms with Crippen LogP contribution in [0.4, 0.5) is 5.69 Å². The van der Waals surface area contributed by atoms with Crippen LogP contribution in [0.15, 0.2) is 53.0 Å². The number of para-hydroxylation sites is 1. The van der Waals surface area contributed by atoms with Gasteiger partial charge in [0.15, 0.2) is 0 Å². The second kappa shape index (κ2) is 7.27. The van der Waals surface area contributed by atoms with Crippen molar-refractivity contribution in [3.05, 3.63) is 64.1 Å². The fourth-order valence-corrected chi connectivity index (χ4v) is 2.40. The molecule has 2 aromatic carbocycles. The Labute approximate surface area is 133 Å². The van der Waals surface area contributed by atoms with Gasteiger partial charge in [0.2, 0.25) is 0 Å². The molecule has 2 rings (SSSR count). The SMILES string of the molecule is CCNc1ccccc1C(=O)NC(C)c1ccc(Br)cc1. The molecule has 3 nitrogen and oxygen atoms in total. The van der Waals surface area contributed by atoms with E-state index in [1.165, 1.54) is 0 Å². The second-order valence-electron chi connectivity index (χ2n) is 4.82. The molecule has 4 heteroatoms. The molecule has 0 aliphatic carbocycles. The van der Waals surface area contributed by atoms with Crippen LogP contribution in [-0.2, 0) is 0 Å². The molecule has 21 heavy (non-hydrogen) atoms. The summed E-state index contributed by atoms with van der Waals surface area (Å²) in [7, 11) is 0. The molecule has 0 heterocycles. The van der Waals surface area contributed by atoms with Crippen molar-refractivity contribution in [3.8, 4) is 0 Å². The normalized spacial score (nSPS) is 11.8. The van der Waals surface area contributed by atoms with Gasteiger partial charge in [0.1, 0.15) is 0 Å². The first-order valence-corrected chi connectivity index (χ1v) is 7.80. The van der Waals surface area contributed by atoms with Gasteiger partial charge in [-0.2, -0.15) is 0 Å². The van der Waals surface area contributed by atoms with Gasteiger partial charge in [-0.15, -0.1) is 0 Å². The van der Waals surface area contributed by atoms with E-state index < -0.39 is 0 Å². The zero-order valence-corrected chi connectivity index (χ0v) is 13.8. The Morgan fingerprint density at radius 1 is 1.14 bits per heavy atom. The van der Waals surface area contributed by atoms with E-state index in [1.54, 1.807) is 0 Å². The van der Waals surface area contributed by atoms with E-state index in [4.69, 9.17) is 0 Å². The summed E-state index contributed by atoms with van der Waals surface area (Å²) < 4.78 is 1.03. The molecular weight excluding hydrogens is 328 g/mol. The Hall–Kier alpha value is -1.81. The monoisotopic (exact) mass is 346 g/mol. The number of benzene rings is 2. The molecule has 110 valence electrons. The van der Waals surface area contributed by atoms with Crippen LogP contribution in [0.25, 0.3) is 0 Å². The van der Waals surface area contributed by atoms with E-state index in [2.05, 4.69) is 26.6 Å². The summed E-state index contributed by atoms with van der Waals surface area (Å²) in [6, 6.07) is 15.5. The zero-order chi connectivity index (χ0) is 15.2. The highest BCUT2D eigenvalue weighted by Gasteiger charge is 2.14. The number of halogens is 1. The number of amides is 1. The predicted molar refractivity (Wildman–Crippen MR) is 90.6 cm³/mol. The van der Waals surface area contributed by atoms with Crippen LogP contribution in [0.3, 0.4) is 0 Å². The first kappa shape index (κ1) is 15.6. The maximum atomic E-state index is 12.4. The highest BCUT2D eigenvalue weighted by atomic mass is 79.9. The molecule has 1 unspecified atom stereocenters. The van der Waals surface area contributed by atoms with Gasteiger partial charge < -0.3 is 10.6 Å². The van der Waals surface area contributed by atoms with Gasteiger partial charge in [0, 0.05) is 16.7 Å². The van der Waals surface area contributed by atoms with Gasteiger partial charge in [0.05, 0.1) is 11.6 Å². The van der Waals surface area contributed by atoms with Crippen LogP contribution in [-0.4, -0.2) is 12.5 Å². The highest BCUT2D eigenvalue weighted by molar-refractivity contribution is 9.10. The van der Waals surface area contributed by atoms with E-state index in [1.807, 2.05) is 62.4 Å². The molecule has 0 aliphatic rings. The summed E-state index contributed by atoms with van der Waals surface area (Å²) in [5.41, 5.74) is 2.61. The van der Waals surface area contributed by atoms with E-state index in [9.17, 15) is 4.79 Å². The first-order chi connectivity index (χ1) is 10.1. The number of nitrogens with one attached hydrogen (secondary N) is 2. The van der Waals surface area contributed by atoms with Gasteiger partial charge >= 0.3 is 0 Å². The standard InChI is InChI=1S/C17H19BrN2O/c1-3-19-16-7-5-4-6-15(16)17(21)20-12(2)13-8-10-14(18)11-9-13/h4-12,19H,3H2,1-2H3,(H,20,21). The van der Waals surface area contributed by atoms with Gasteiger partial charge in [-0.25, -0.2) is 0 Å². The number of carbonyl (C=O) groups is 1. The van der Waals surface area contributed by atoms with Crippen molar-refractivity contribution >= 4 is 27.5 Å². The highest BCUT2D eigenvalue weighted by Crippen LogP contribution is 2.19. The van der Waals surface area contributed by atoms with Crippen molar-refractivity contribution in [2.24, 2.45) is 0 Å². The third-order valence-electron chi connectivity index (χ3n) is 3.26. The van der Waals surface area contributed by atoms with Gasteiger partial charge in [-0.05, 0) is 43.7 Å². The Kier molecular flexibility index (Phi) is 5.39. The van der Waals surface area contributed by atoms with Gasteiger partial charge in [-0.3, -0.25) is 4.79 Å². The van der Waals surface area contributed by atoms with Crippen LogP contribution < -0.4 is 10.6 Å². The number of rotatable bonds is 5. The minimum absolute atomic E-state index is 0.0414. The lowest BCUT2D eigenvalue weighted by Crippen LogP contribution is -2.27. The zero-order valence-electron chi connectivity index (χ0n) is 12.2. The molecular formula is C17H19BrN2O. The van der Waals surface area contributed by atoms with Gasteiger partial charge in [0.25, 0.3) is 5.91 Å². The number of hydrogen-bond acceptors (Lipinski definition) is 2. The third-order valence-corrected chi connectivity index (χ3v) is 3.79. The molecule has 0 fully saturated rings. The first-order valence-electron chi connectivity index (χ1n) is 7.01. The molecule has 2 aromatic rings. The molecule has 0 saturated carbocycles. The minimum Gasteiger partial charge on any atom is -0.385 e. The summed E-state index contributed by atoms with van der Waals surface area (Å²) in [6.07, 6.45) is 0. The smallest absolute Gasteiger partial charge is 0.253 e. The quantitative estimate of drug-likeness (QED) is 0.843. The molecule has 0 bridgehead atoms. The van der Waals surface area contributed by atoms with Crippen LogP contribution >= 0.6 is 15.9 Å². The van der Waals surface area contributed by atoms with E-state index in [0.717, 1.165) is 22.3 Å². The van der Waals surface area contributed by atoms with E-state index in [0.29, 0.717) is 5.56 Å². The Morgan fingerprint density at radius 2 is 1.81 bits per heavy atom. The topological polar surface area (TPSA) is 41.1 Å². The molecule has 0 saturated heterocycles. The molecule has 2 N–H and O–H groups in total.